The Morgan fingerprint density at radius 2 is 2.44 bits per heavy atom. The molecule has 1 fully saturated rings. The second-order valence-corrected chi connectivity index (χ2v) is 2.18. The van der Waals surface area contributed by atoms with Crippen LogP contribution in [0.15, 0.2) is 0 Å². The summed E-state index contributed by atoms with van der Waals surface area (Å²) in [7, 11) is 1.57. The molecule has 0 aromatic heterocycles. The van der Waals surface area contributed by atoms with Gasteiger partial charge in [0.25, 0.3) is 0 Å². The molecule has 0 bridgehead atoms. The topological polar surface area (TPSA) is 38.8 Å². The summed E-state index contributed by atoms with van der Waals surface area (Å²) in [5.41, 5.74) is 0. The number of hydrogen-bond acceptors (Lipinski definition) is 3. The van der Waals surface area contributed by atoms with E-state index in [4.69, 9.17) is 9.47 Å². The Morgan fingerprint density at radius 3 is 2.78 bits per heavy atom. The van der Waals surface area contributed by atoms with Crippen molar-refractivity contribution >= 4 is 5.78 Å². The number of hydrogen-bond donors (Lipinski definition) is 0. The van der Waals surface area contributed by atoms with Crippen LogP contribution in [-0.2, 0) is 14.3 Å². The number of ether oxygens (including phenoxy) is 2. The van der Waals surface area contributed by atoms with Crippen LogP contribution in [0.25, 0.3) is 0 Å². The van der Waals surface area contributed by atoms with Crippen LogP contribution in [0.3, 0.4) is 0 Å². The van der Waals surface area contributed by atoms with Crippen LogP contribution in [0.1, 0.15) is 13.3 Å². The summed E-state index contributed by atoms with van der Waals surface area (Å²) in [4.78, 5) is 10.4. The van der Waals surface area contributed by atoms with Crippen molar-refractivity contribution in [3.05, 3.63) is 0 Å². The molecule has 0 radical (unpaired) electrons. The largest absolute Gasteiger partial charge is 0.353 e. The number of carbonyl (C=O) groups is 1. The molecule has 2 unspecified atom stereocenters. The van der Waals surface area contributed by atoms with E-state index < -0.39 is 0 Å². The van der Waals surface area contributed by atoms with Gasteiger partial charge in [0.05, 0.1) is 0 Å². The van der Waals surface area contributed by atoms with Crippen molar-refractivity contribution in [3.63, 3.8) is 0 Å². The lowest BCUT2D eigenvalue weighted by Crippen LogP contribution is -2.01. The maximum absolute atomic E-state index is 10.4. The Hall–Kier alpha value is -0.410. The van der Waals surface area contributed by atoms with E-state index in [2.05, 4.69) is 0 Å². The quantitative estimate of drug-likeness (QED) is 0.517. The highest BCUT2D eigenvalue weighted by molar-refractivity contribution is 5.76. The molecule has 0 aromatic rings. The van der Waals surface area contributed by atoms with Crippen molar-refractivity contribution in [3.8, 4) is 0 Å². The first kappa shape index (κ1) is 6.71. The van der Waals surface area contributed by atoms with Crippen LogP contribution in [0.2, 0.25) is 0 Å². The first-order chi connectivity index (χ1) is 4.24. The van der Waals surface area contributed by atoms with Gasteiger partial charge in [-0.15, -0.1) is 0 Å². The molecule has 0 aromatic carbocycles. The molecule has 0 spiro atoms. The maximum atomic E-state index is 10.4. The number of rotatable bonds is 3. The molecule has 52 valence electrons. The van der Waals surface area contributed by atoms with E-state index in [0.29, 0.717) is 6.42 Å². The molecule has 1 heterocycles. The monoisotopic (exact) mass is 130 g/mol. The Morgan fingerprint density at radius 1 is 1.78 bits per heavy atom. The molecule has 3 nitrogen and oxygen atoms in total. The molecule has 9 heavy (non-hydrogen) atoms. The van der Waals surface area contributed by atoms with Crippen molar-refractivity contribution in [1.29, 1.82) is 0 Å². The van der Waals surface area contributed by atoms with Gasteiger partial charge in [0.15, 0.2) is 6.29 Å². The maximum Gasteiger partial charge on any atom is 0.184 e. The lowest BCUT2D eigenvalue weighted by molar-refractivity contribution is -0.117. The second-order valence-electron chi connectivity index (χ2n) is 2.18. The van der Waals surface area contributed by atoms with Gasteiger partial charge in [0.1, 0.15) is 11.9 Å². The van der Waals surface area contributed by atoms with Gasteiger partial charge in [-0.3, -0.25) is 4.79 Å². The van der Waals surface area contributed by atoms with E-state index in [0.717, 1.165) is 0 Å². The fourth-order valence-electron chi connectivity index (χ4n) is 0.762. The number of ketones is 1. The molecule has 1 aliphatic heterocycles. The lowest BCUT2D eigenvalue weighted by Gasteiger charge is -1.86. The van der Waals surface area contributed by atoms with E-state index >= 15 is 0 Å². The predicted molar refractivity (Wildman–Crippen MR) is 31.0 cm³/mol. The second kappa shape index (κ2) is 2.45. The summed E-state index contributed by atoms with van der Waals surface area (Å²) in [6, 6.07) is 0. The van der Waals surface area contributed by atoms with E-state index in [-0.39, 0.29) is 18.2 Å². The fraction of sp³-hybridized carbons (Fsp3) is 0.833. The van der Waals surface area contributed by atoms with Crippen LogP contribution in [0.5, 0.6) is 0 Å². The first-order valence-corrected chi connectivity index (χ1v) is 2.91. The molecule has 1 aliphatic rings. The highest BCUT2D eigenvalue weighted by Gasteiger charge is 2.39. The zero-order valence-electron chi connectivity index (χ0n) is 5.59. The Kier molecular flexibility index (Phi) is 1.83. The molecule has 2 atom stereocenters. The van der Waals surface area contributed by atoms with Gasteiger partial charge in [-0.05, 0) is 6.92 Å². The average molecular weight is 130 g/mol. The fourth-order valence-corrected chi connectivity index (χ4v) is 0.762. The Balaban J connectivity index is 2.12. The highest BCUT2D eigenvalue weighted by atomic mass is 16.8. The van der Waals surface area contributed by atoms with Gasteiger partial charge in [0.2, 0.25) is 0 Å². The normalized spacial score (nSPS) is 32.2. The molecule has 0 N–H and O–H groups in total. The van der Waals surface area contributed by atoms with Crippen LogP contribution < -0.4 is 0 Å². The summed E-state index contributed by atoms with van der Waals surface area (Å²) >= 11 is 0. The minimum atomic E-state index is -0.117. The van der Waals surface area contributed by atoms with Crippen molar-refractivity contribution in [2.24, 2.45) is 0 Å². The summed E-state index contributed by atoms with van der Waals surface area (Å²) in [5.74, 6) is 0.152. The molecule has 3 heteroatoms. The first-order valence-electron chi connectivity index (χ1n) is 2.91. The van der Waals surface area contributed by atoms with Crippen LogP contribution in [0, 0.1) is 0 Å². The van der Waals surface area contributed by atoms with E-state index in [1.54, 1.807) is 14.0 Å². The lowest BCUT2D eigenvalue weighted by atomic mass is 10.2. The van der Waals surface area contributed by atoms with Crippen LogP contribution in [-0.4, -0.2) is 25.3 Å². The zero-order valence-corrected chi connectivity index (χ0v) is 5.59. The standard InChI is InChI=1S/C6H10O3/c1-4(7)3-5-6(8-2)9-5/h5-6H,3H2,1-2H3. The summed E-state index contributed by atoms with van der Waals surface area (Å²) in [5, 5.41) is 0. The third-order valence-corrected chi connectivity index (χ3v) is 1.26. The number of Topliss-reactive ketones (excluding diaryl/α,β-unsaturated/α-hetero) is 1. The summed E-state index contributed by atoms with van der Waals surface area (Å²) in [6.45, 7) is 1.55. The van der Waals surface area contributed by atoms with E-state index in [9.17, 15) is 4.79 Å². The van der Waals surface area contributed by atoms with Gasteiger partial charge < -0.3 is 9.47 Å². The minimum absolute atomic E-state index is 0.0347. The van der Waals surface area contributed by atoms with Gasteiger partial charge >= 0.3 is 0 Å². The Labute approximate surface area is 53.9 Å². The Bertz CT molecular complexity index is 121. The third-order valence-electron chi connectivity index (χ3n) is 1.26. The SMILES string of the molecule is COC1OC1CC(C)=O. The summed E-state index contributed by atoms with van der Waals surface area (Å²) in [6.07, 6.45) is 0.403. The molecule has 1 saturated heterocycles. The smallest absolute Gasteiger partial charge is 0.184 e. The average Bonchev–Trinajstić information content (AvgIpc) is 2.45. The molecule has 1 rings (SSSR count). The molecular weight excluding hydrogens is 120 g/mol. The van der Waals surface area contributed by atoms with E-state index in [1.807, 2.05) is 0 Å². The highest BCUT2D eigenvalue weighted by Crippen LogP contribution is 2.25. The van der Waals surface area contributed by atoms with Crippen molar-refractivity contribution < 1.29 is 14.3 Å². The van der Waals surface area contributed by atoms with E-state index in [1.165, 1.54) is 0 Å². The zero-order chi connectivity index (χ0) is 6.85. The van der Waals surface area contributed by atoms with Crippen molar-refractivity contribution in [1.82, 2.24) is 0 Å². The molecular formula is C6H10O3. The number of epoxide rings is 1. The van der Waals surface area contributed by atoms with Crippen LogP contribution >= 0.6 is 0 Å². The number of methoxy groups -OCH3 is 1. The number of carbonyl (C=O) groups excluding carboxylic acids is 1. The minimum Gasteiger partial charge on any atom is -0.353 e. The predicted octanol–water partition coefficient (Wildman–Crippen LogP) is 0.337. The summed E-state index contributed by atoms with van der Waals surface area (Å²) < 4.78 is 9.73. The third kappa shape index (κ3) is 1.77. The van der Waals surface area contributed by atoms with Gasteiger partial charge in [-0.25, -0.2) is 0 Å². The molecule has 0 saturated carbocycles. The van der Waals surface area contributed by atoms with Gasteiger partial charge in [-0.2, -0.15) is 0 Å². The van der Waals surface area contributed by atoms with Crippen molar-refractivity contribution in [2.45, 2.75) is 25.7 Å². The van der Waals surface area contributed by atoms with Gasteiger partial charge in [-0.1, -0.05) is 0 Å². The van der Waals surface area contributed by atoms with Gasteiger partial charge in [0, 0.05) is 13.5 Å². The van der Waals surface area contributed by atoms with Crippen LogP contribution in [0.4, 0.5) is 0 Å². The molecule has 0 aliphatic carbocycles. The molecule has 0 amide bonds. The van der Waals surface area contributed by atoms with Crippen molar-refractivity contribution in [2.75, 3.05) is 7.11 Å².